The van der Waals surface area contributed by atoms with E-state index in [1.807, 2.05) is 30.3 Å². The Morgan fingerprint density at radius 1 is 1.36 bits per heavy atom. The zero-order chi connectivity index (χ0) is 9.97. The van der Waals surface area contributed by atoms with Crippen molar-refractivity contribution in [1.82, 2.24) is 4.98 Å². The van der Waals surface area contributed by atoms with E-state index in [1.165, 1.54) is 0 Å². The SMILES string of the molecule is CC(=NO)c1cnc2ccccc2c1. The van der Waals surface area contributed by atoms with Crippen molar-refractivity contribution >= 4 is 16.6 Å². The standard InChI is InChI=1S/C11H10N2O/c1-8(13-14)10-6-9-4-2-3-5-11(9)12-7-10/h2-7,14H,1H3. The molecular formula is C11H10N2O. The van der Waals surface area contributed by atoms with E-state index in [-0.39, 0.29) is 0 Å². The summed E-state index contributed by atoms with van der Waals surface area (Å²) in [6, 6.07) is 9.79. The van der Waals surface area contributed by atoms with Gasteiger partial charge in [0.05, 0.1) is 11.2 Å². The second kappa shape index (κ2) is 3.46. The molecule has 0 bridgehead atoms. The molecule has 3 heteroatoms. The number of nitrogens with zero attached hydrogens (tertiary/aromatic N) is 2. The first-order valence-corrected chi connectivity index (χ1v) is 4.35. The molecule has 2 rings (SSSR count). The molecule has 0 radical (unpaired) electrons. The Morgan fingerprint density at radius 2 is 2.14 bits per heavy atom. The third-order valence-electron chi connectivity index (χ3n) is 2.16. The summed E-state index contributed by atoms with van der Waals surface area (Å²) >= 11 is 0. The van der Waals surface area contributed by atoms with E-state index >= 15 is 0 Å². The van der Waals surface area contributed by atoms with Gasteiger partial charge in [-0.15, -0.1) is 0 Å². The summed E-state index contributed by atoms with van der Waals surface area (Å²) in [7, 11) is 0. The van der Waals surface area contributed by atoms with Crippen molar-refractivity contribution in [3.8, 4) is 0 Å². The Balaban J connectivity index is 2.62. The molecule has 1 N–H and O–H groups in total. The van der Waals surface area contributed by atoms with Crippen LogP contribution in [0, 0.1) is 0 Å². The number of hydrogen-bond donors (Lipinski definition) is 1. The van der Waals surface area contributed by atoms with Gasteiger partial charge >= 0.3 is 0 Å². The van der Waals surface area contributed by atoms with Crippen molar-refractivity contribution in [2.24, 2.45) is 5.16 Å². The third kappa shape index (κ3) is 1.44. The van der Waals surface area contributed by atoms with Gasteiger partial charge in [0.15, 0.2) is 0 Å². The molecule has 0 fully saturated rings. The fourth-order valence-electron chi connectivity index (χ4n) is 1.33. The quantitative estimate of drug-likeness (QED) is 0.422. The van der Waals surface area contributed by atoms with E-state index in [2.05, 4.69) is 10.1 Å². The van der Waals surface area contributed by atoms with E-state index in [0.29, 0.717) is 5.71 Å². The maximum absolute atomic E-state index is 8.62. The number of benzene rings is 1. The zero-order valence-corrected chi connectivity index (χ0v) is 7.81. The topological polar surface area (TPSA) is 45.5 Å². The first-order chi connectivity index (χ1) is 6.81. The van der Waals surface area contributed by atoms with Gasteiger partial charge in [0.2, 0.25) is 0 Å². The van der Waals surface area contributed by atoms with Crippen molar-refractivity contribution in [2.75, 3.05) is 0 Å². The van der Waals surface area contributed by atoms with Crippen molar-refractivity contribution in [3.63, 3.8) is 0 Å². The van der Waals surface area contributed by atoms with Crippen molar-refractivity contribution < 1.29 is 5.21 Å². The molecule has 0 saturated carbocycles. The first-order valence-electron chi connectivity index (χ1n) is 4.35. The van der Waals surface area contributed by atoms with Crippen LogP contribution in [0.5, 0.6) is 0 Å². The van der Waals surface area contributed by atoms with Crippen LogP contribution in [0.2, 0.25) is 0 Å². The zero-order valence-electron chi connectivity index (χ0n) is 7.81. The fraction of sp³-hybridized carbons (Fsp3) is 0.0909. The van der Waals surface area contributed by atoms with E-state index in [9.17, 15) is 0 Å². The average Bonchev–Trinajstić information content (AvgIpc) is 2.27. The molecule has 0 aliphatic heterocycles. The molecule has 1 heterocycles. The highest BCUT2D eigenvalue weighted by Gasteiger charge is 1.99. The van der Waals surface area contributed by atoms with Crippen molar-refractivity contribution in [1.29, 1.82) is 0 Å². The predicted molar refractivity (Wildman–Crippen MR) is 55.7 cm³/mol. The number of para-hydroxylation sites is 1. The van der Waals surface area contributed by atoms with Gasteiger partial charge in [-0.3, -0.25) is 4.98 Å². The van der Waals surface area contributed by atoms with Gasteiger partial charge < -0.3 is 5.21 Å². The fourth-order valence-corrected chi connectivity index (χ4v) is 1.33. The van der Waals surface area contributed by atoms with Crippen LogP contribution in [-0.4, -0.2) is 15.9 Å². The average molecular weight is 186 g/mol. The van der Waals surface area contributed by atoms with Gasteiger partial charge in [-0.05, 0) is 19.1 Å². The highest BCUT2D eigenvalue weighted by atomic mass is 16.4. The number of pyridine rings is 1. The summed E-state index contributed by atoms with van der Waals surface area (Å²) in [4.78, 5) is 4.26. The summed E-state index contributed by atoms with van der Waals surface area (Å²) in [5.41, 5.74) is 2.36. The lowest BCUT2D eigenvalue weighted by Gasteiger charge is -2.00. The lowest BCUT2D eigenvalue weighted by atomic mass is 10.1. The minimum absolute atomic E-state index is 0.572. The summed E-state index contributed by atoms with van der Waals surface area (Å²) in [6.45, 7) is 1.74. The molecule has 70 valence electrons. The van der Waals surface area contributed by atoms with Crippen LogP contribution in [0.4, 0.5) is 0 Å². The smallest absolute Gasteiger partial charge is 0.0852 e. The van der Waals surface area contributed by atoms with Gasteiger partial charge in [-0.2, -0.15) is 0 Å². The molecule has 0 atom stereocenters. The first kappa shape index (κ1) is 8.69. The minimum atomic E-state index is 0.572. The lowest BCUT2D eigenvalue weighted by molar-refractivity contribution is 0.319. The van der Waals surface area contributed by atoms with Crippen LogP contribution in [0.15, 0.2) is 41.7 Å². The third-order valence-corrected chi connectivity index (χ3v) is 2.16. The van der Waals surface area contributed by atoms with E-state index in [0.717, 1.165) is 16.5 Å². The number of fused-ring (bicyclic) bond motifs is 1. The van der Waals surface area contributed by atoms with E-state index in [4.69, 9.17) is 5.21 Å². The number of rotatable bonds is 1. The van der Waals surface area contributed by atoms with Crippen LogP contribution >= 0.6 is 0 Å². The lowest BCUT2D eigenvalue weighted by Crippen LogP contribution is -1.95. The Bertz CT molecular complexity index is 491. The Hall–Kier alpha value is -1.90. The molecule has 1 aromatic carbocycles. The highest BCUT2D eigenvalue weighted by molar-refractivity contribution is 6.00. The molecule has 0 unspecified atom stereocenters. The summed E-state index contributed by atoms with van der Waals surface area (Å²) in [5, 5.41) is 12.8. The maximum atomic E-state index is 8.62. The number of hydrogen-bond acceptors (Lipinski definition) is 3. The van der Waals surface area contributed by atoms with E-state index in [1.54, 1.807) is 13.1 Å². The van der Waals surface area contributed by atoms with Crippen molar-refractivity contribution in [2.45, 2.75) is 6.92 Å². The van der Waals surface area contributed by atoms with Crippen LogP contribution in [0.3, 0.4) is 0 Å². The molecular weight excluding hydrogens is 176 g/mol. The summed E-state index contributed by atoms with van der Waals surface area (Å²) in [5.74, 6) is 0. The maximum Gasteiger partial charge on any atom is 0.0852 e. The minimum Gasteiger partial charge on any atom is -0.411 e. The monoisotopic (exact) mass is 186 g/mol. The highest BCUT2D eigenvalue weighted by Crippen LogP contribution is 2.12. The van der Waals surface area contributed by atoms with Crippen LogP contribution in [0.1, 0.15) is 12.5 Å². The Kier molecular flexibility index (Phi) is 2.14. The number of oxime groups is 1. The van der Waals surface area contributed by atoms with Gasteiger partial charge in [0.1, 0.15) is 0 Å². The molecule has 0 saturated heterocycles. The van der Waals surface area contributed by atoms with E-state index < -0.39 is 0 Å². The molecule has 14 heavy (non-hydrogen) atoms. The molecule has 0 aliphatic carbocycles. The molecule has 0 aliphatic rings. The van der Waals surface area contributed by atoms with Crippen LogP contribution in [-0.2, 0) is 0 Å². The second-order valence-corrected chi connectivity index (χ2v) is 3.10. The van der Waals surface area contributed by atoms with Crippen LogP contribution in [0.25, 0.3) is 10.9 Å². The van der Waals surface area contributed by atoms with Crippen LogP contribution < -0.4 is 0 Å². The Morgan fingerprint density at radius 3 is 2.93 bits per heavy atom. The van der Waals surface area contributed by atoms with Gasteiger partial charge in [-0.25, -0.2) is 0 Å². The molecule has 1 aromatic heterocycles. The Labute approximate surface area is 81.7 Å². The van der Waals surface area contributed by atoms with Gasteiger partial charge in [0, 0.05) is 17.1 Å². The largest absolute Gasteiger partial charge is 0.411 e. The summed E-state index contributed by atoms with van der Waals surface area (Å²) in [6.07, 6.45) is 1.71. The molecule has 2 aromatic rings. The molecule has 0 amide bonds. The number of aromatic nitrogens is 1. The normalized spacial score (nSPS) is 11.9. The molecule has 0 spiro atoms. The van der Waals surface area contributed by atoms with Gasteiger partial charge in [-0.1, -0.05) is 23.4 Å². The predicted octanol–water partition coefficient (Wildman–Crippen LogP) is 2.43. The summed E-state index contributed by atoms with van der Waals surface area (Å²) < 4.78 is 0. The van der Waals surface area contributed by atoms with Crippen molar-refractivity contribution in [3.05, 3.63) is 42.1 Å². The van der Waals surface area contributed by atoms with Gasteiger partial charge in [0.25, 0.3) is 0 Å². The second-order valence-electron chi connectivity index (χ2n) is 3.10. The molecule has 3 nitrogen and oxygen atoms in total.